The Balaban J connectivity index is 0.00000392. The Kier molecular flexibility index (Phi) is 10.8. The monoisotopic (exact) mass is 505 g/mol. The van der Waals surface area contributed by atoms with Crippen molar-refractivity contribution < 1.29 is 4.74 Å². The van der Waals surface area contributed by atoms with E-state index in [1.165, 1.54) is 30.5 Å². The average Bonchev–Trinajstić information content (AvgIpc) is 2.90. The van der Waals surface area contributed by atoms with Gasteiger partial charge in [0.15, 0.2) is 5.96 Å². The highest BCUT2D eigenvalue weighted by Gasteiger charge is 2.33. The molecule has 1 aromatic rings. The van der Waals surface area contributed by atoms with E-state index in [1.54, 1.807) is 0 Å². The van der Waals surface area contributed by atoms with Crippen molar-refractivity contribution in [3.05, 3.63) is 17.0 Å². The van der Waals surface area contributed by atoms with Crippen LogP contribution in [-0.2, 0) is 18.2 Å². The van der Waals surface area contributed by atoms with Crippen LogP contribution in [0.15, 0.2) is 4.99 Å². The number of guanidine groups is 1. The number of halogens is 1. The van der Waals surface area contributed by atoms with Gasteiger partial charge < -0.3 is 15.4 Å². The van der Waals surface area contributed by atoms with Crippen LogP contribution in [0.25, 0.3) is 0 Å². The van der Waals surface area contributed by atoms with Crippen LogP contribution >= 0.6 is 24.0 Å². The van der Waals surface area contributed by atoms with E-state index >= 15 is 0 Å². The number of hydrogen-bond donors (Lipinski definition) is 2. The zero-order valence-electron chi connectivity index (χ0n) is 18.6. The van der Waals surface area contributed by atoms with Crippen molar-refractivity contribution in [1.29, 1.82) is 0 Å². The molecule has 6 nitrogen and oxygen atoms in total. The van der Waals surface area contributed by atoms with Crippen LogP contribution in [0.2, 0.25) is 0 Å². The Hall–Kier alpha value is -0.830. The van der Waals surface area contributed by atoms with E-state index in [0.29, 0.717) is 0 Å². The smallest absolute Gasteiger partial charge is 0.191 e. The summed E-state index contributed by atoms with van der Waals surface area (Å²) in [6.07, 6.45) is 8.12. The van der Waals surface area contributed by atoms with Crippen LogP contribution in [0.4, 0.5) is 0 Å². The summed E-state index contributed by atoms with van der Waals surface area (Å²) < 4.78 is 8.25. The van der Waals surface area contributed by atoms with Crippen LogP contribution in [0.5, 0.6) is 0 Å². The summed E-state index contributed by atoms with van der Waals surface area (Å²) in [5.41, 5.74) is 3.63. The lowest BCUT2D eigenvalue weighted by molar-refractivity contribution is -0.0657. The van der Waals surface area contributed by atoms with Crippen LogP contribution in [0.1, 0.15) is 69.3 Å². The molecule has 1 saturated carbocycles. The maximum atomic E-state index is 6.29. The minimum absolute atomic E-state index is 0. The van der Waals surface area contributed by atoms with Crippen molar-refractivity contribution in [3.63, 3.8) is 0 Å². The van der Waals surface area contributed by atoms with E-state index in [2.05, 4.69) is 48.4 Å². The Morgan fingerprint density at radius 3 is 2.50 bits per heavy atom. The van der Waals surface area contributed by atoms with Gasteiger partial charge in [-0.05, 0) is 52.0 Å². The molecule has 0 radical (unpaired) electrons. The van der Waals surface area contributed by atoms with E-state index in [0.717, 1.165) is 50.5 Å². The number of aliphatic imine (C=N–C) groups is 1. The molecular formula is C21H40IN5O. The zero-order valence-corrected chi connectivity index (χ0v) is 20.9. The molecule has 2 rings (SSSR count). The molecule has 1 atom stereocenters. The zero-order chi connectivity index (χ0) is 19.9. The fourth-order valence-corrected chi connectivity index (χ4v) is 4.03. The minimum atomic E-state index is -0.0361. The molecule has 1 unspecified atom stereocenters. The molecule has 162 valence electrons. The largest absolute Gasteiger partial charge is 0.373 e. The van der Waals surface area contributed by atoms with Gasteiger partial charge in [0.1, 0.15) is 0 Å². The number of hydrogen-bond acceptors (Lipinski definition) is 3. The van der Waals surface area contributed by atoms with E-state index in [4.69, 9.17) is 4.74 Å². The molecule has 28 heavy (non-hydrogen) atoms. The van der Waals surface area contributed by atoms with Gasteiger partial charge in [0.25, 0.3) is 0 Å². The van der Waals surface area contributed by atoms with Gasteiger partial charge in [-0.3, -0.25) is 9.67 Å². The van der Waals surface area contributed by atoms with Crippen LogP contribution < -0.4 is 10.6 Å². The molecule has 0 aliphatic heterocycles. The minimum Gasteiger partial charge on any atom is -0.373 e. The average molecular weight is 505 g/mol. The number of aromatic nitrogens is 2. The topological polar surface area (TPSA) is 63.5 Å². The van der Waals surface area contributed by atoms with E-state index < -0.39 is 0 Å². The van der Waals surface area contributed by atoms with Crippen LogP contribution in [-0.4, -0.2) is 47.6 Å². The maximum Gasteiger partial charge on any atom is 0.191 e. The van der Waals surface area contributed by atoms with Gasteiger partial charge in [-0.25, -0.2) is 0 Å². The van der Waals surface area contributed by atoms with Gasteiger partial charge in [-0.2, -0.15) is 5.10 Å². The first-order valence-corrected chi connectivity index (χ1v) is 10.5. The predicted octanol–water partition coefficient (Wildman–Crippen LogP) is 3.88. The number of aryl methyl sites for hydroxylation is 2. The fraction of sp³-hybridized carbons (Fsp3) is 0.810. The van der Waals surface area contributed by atoms with Crippen molar-refractivity contribution in [2.24, 2.45) is 12.0 Å². The predicted molar refractivity (Wildman–Crippen MR) is 128 cm³/mol. The lowest BCUT2D eigenvalue weighted by Crippen LogP contribution is -2.51. The lowest BCUT2D eigenvalue weighted by Gasteiger charge is -2.38. The summed E-state index contributed by atoms with van der Waals surface area (Å²) >= 11 is 0. The second kappa shape index (κ2) is 12.0. The summed E-state index contributed by atoms with van der Waals surface area (Å²) in [6, 6.07) is 0.275. The third-order valence-corrected chi connectivity index (χ3v) is 5.73. The van der Waals surface area contributed by atoms with Gasteiger partial charge >= 0.3 is 0 Å². The molecular weight excluding hydrogens is 465 g/mol. The van der Waals surface area contributed by atoms with Crippen molar-refractivity contribution in [3.8, 4) is 0 Å². The first-order valence-electron chi connectivity index (χ1n) is 10.5. The maximum absolute atomic E-state index is 6.29. The quantitative estimate of drug-likeness (QED) is 0.320. The Bertz CT molecular complexity index is 623. The molecule has 0 saturated heterocycles. The van der Waals surface area contributed by atoms with Crippen molar-refractivity contribution in [2.75, 3.05) is 20.2 Å². The number of rotatable bonds is 8. The molecule has 0 aromatic carbocycles. The van der Waals surface area contributed by atoms with Crippen molar-refractivity contribution in [1.82, 2.24) is 20.4 Å². The molecule has 0 bridgehead atoms. The first kappa shape index (κ1) is 25.2. The van der Waals surface area contributed by atoms with E-state index in [9.17, 15) is 0 Å². The highest BCUT2D eigenvalue weighted by atomic mass is 127. The summed E-state index contributed by atoms with van der Waals surface area (Å²) in [7, 11) is 3.84. The Labute approximate surface area is 188 Å². The molecule has 1 heterocycles. The molecule has 1 fully saturated rings. The molecule has 0 spiro atoms. The van der Waals surface area contributed by atoms with Crippen LogP contribution in [0, 0.1) is 13.8 Å². The highest BCUT2D eigenvalue weighted by Crippen LogP contribution is 2.31. The second-order valence-electron chi connectivity index (χ2n) is 8.04. The van der Waals surface area contributed by atoms with Gasteiger partial charge in [0.2, 0.25) is 0 Å². The summed E-state index contributed by atoms with van der Waals surface area (Å²) in [4.78, 5) is 4.43. The Morgan fingerprint density at radius 1 is 1.29 bits per heavy atom. The van der Waals surface area contributed by atoms with Gasteiger partial charge in [0, 0.05) is 39.0 Å². The Morgan fingerprint density at radius 2 is 1.96 bits per heavy atom. The third kappa shape index (κ3) is 6.90. The van der Waals surface area contributed by atoms with Gasteiger partial charge in [0.05, 0.1) is 11.3 Å². The SMILES string of the molecule is CCCOC1(CNC(=NC)NC(C)Cc2c(C)nn(C)c2C)CCCCC1.I. The molecule has 1 aliphatic rings. The molecule has 7 heteroatoms. The van der Waals surface area contributed by atoms with Gasteiger partial charge in [-0.15, -0.1) is 24.0 Å². The van der Waals surface area contributed by atoms with Crippen molar-refractivity contribution in [2.45, 2.75) is 84.3 Å². The number of nitrogens with zero attached hydrogens (tertiary/aromatic N) is 3. The standard InChI is InChI=1S/C21H39N5O.HI/c1-7-13-27-21(11-9-8-10-12-21)15-23-20(22-5)24-16(2)14-19-17(3)25-26(6)18(19)4;/h16H,7-15H2,1-6H3,(H2,22,23,24);1H. The van der Waals surface area contributed by atoms with Gasteiger partial charge in [-0.1, -0.05) is 26.2 Å². The number of nitrogens with one attached hydrogen (secondary N) is 2. The third-order valence-electron chi connectivity index (χ3n) is 5.73. The van der Waals surface area contributed by atoms with Crippen LogP contribution in [0.3, 0.4) is 0 Å². The summed E-state index contributed by atoms with van der Waals surface area (Å²) in [5.74, 6) is 0.853. The second-order valence-corrected chi connectivity index (χ2v) is 8.04. The van der Waals surface area contributed by atoms with Crippen molar-refractivity contribution >= 4 is 29.9 Å². The normalized spacial score (nSPS) is 17.7. The molecule has 1 aliphatic carbocycles. The van der Waals surface area contributed by atoms with E-state index in [-0.39, 0.29) is 35.6 Å². The lowest BCUT2D eigenvalue weighted by atomic mass is 9.84. The molecule has 1 aromatic heterocycles. The number of ether oxygens (including phenoxy) is 1. The first-order chi connectivity index (χ1) is 12.9. The van der Waals surface area contributed by atoms with E-state index in [1.807, 2.05) is 18.8 Å². The highest BCUT2D eigenvalue weighted by molar-refractivity contribution is 14.0. The summed E-state index contributed by atoms with van der Waals surface area (Å²) in [5, 5.41) is 11.6. The molecule has 2 N–H and O–H groups in total. The fourth-order valence-electron chi connectivity index (χ4n) is 4.03. The summed E-state index contributed by atoms with van der Waals surface area (Å²) in [6.45, 7) is 10.2. The molecule has 0 amide bonds.